The van der Waals surface area contributed by atoms with E-state index in [1.807, 2.05) is 51.1 Å². The second-order valence-corrected chi connectivity index (χ2v) is 5.46. The normalized spacial score (nSPS) is 12.2. The van der Waals surface area contributed by atoms with E-state index in [0.717, 1.165) is 16.3 Å². The van der Waals surface area contributed by atoms with Crippen molar-refractivity contribution in [1.82, 2.24) is 10.3 Å². The molecule has 1 atom stereocenters. The molecule has 18 heavy (non-hydrogen) atoms. The van der Waals surface area contributed by atoms with Crippen LogP contribution in [-0.4, -0.2) is 10.9 Å². The highest BCUT2D eigenvalue weighted by atomic mass is 32.1. The van der Waals surface area contributed by atoms with Crippen LogP contribution in [0.3, 0.4) is 0 Å². The van der Waals surface area contributed by atoms with Gasteiger partial charge in [-0.3, -0.25) is 4.79 Å². The van der Waals surface area contributed by atoms with Gasteiger partial charge in [-0.1, -0.05) is 30.3 Å². The first-order valence-electron chi connectivity index (χ1n) is 5.87. The number of aromatic nitrogens is 1. The van der Waals surface area contributed by atoms with E-state index in [2.05, 4.69) is 10.3 Å². The van der Waals surface area contributed by atoms with Crippen molar-refractivity contribution in [3.63, 3.8) is 0 Å². The van der Waals surface area contributed by atoms with Gasteiger partial charge in [-0.25, -0.2) is 4.98 Å². The fraction of sp³-hybridized carbons (Fsp3) is 0.286. The highest BCUT2D eigenvalue weighted by Crippen LogP contribution is 2.19. The van der Waals surface area contributed by atoms with Gasteiger partial charge in [-0.05, 0) is 26.3 Å². The topological polar surface area (TPSA) is 42.0 Å². The van der Waals surface area contributed by atoms with Crippen molar-refractivity contribution in [3.8, 4) is 0 Å². The zero-order chi connectivity index (χ0) is 13.1. The highest BCUT2D eigenvalue weighted by Gasteiger charge is 2.16. The number of carbonyl (C=O) groups is 1. The molecular formula is C14H16N2OS. The Morgan fingerprint density at radius 1 is 1.28 bits per heavy atom. The van der Waals surface area contributed by atoms with Crippen molar-refractivity contribution in [1.29, 1.82) is 0 Å². The number of hydrogen-bond donors (Lipinski definition) is 1. The molecule has 1 unspecified atom stereocenters. The van der Waals surface area contributed by atoms with Gasteiger partial charge in [-0.2, -0.15) is 0 Å². The van der Waals surface area contributed by atoms with Gasteiger partial charge in [0.2, 0.25) is 0 Å². The average molecular weight is 260 g/mol. The third-order valence-corrected chi connectivity index (χ3v) is 3.83. The van der Waals surface area contributed by atoms with Gasteiger partial charge in [0, 0.05) is 0 Å². The fourth-order valence-corrected chi connectivity index (χ4v) is 2.65. The van der Waals surface area contributed by atoms with Gasteiger partial charge in [0.05, 0.1) is 16.7 Å². The number of nitrogens with zero attached hydrogens (tertiary/aromatic N) is 1. The number of rotatable bonds is 3. The summed E-state index contributed by atoms with van der Waals surface area (Å²) >= 11 is 1.44. The first-order valence-corrected chi connectivity index (χ1v) is 6.69. The van der Waals surface area contributed by atoms with E-state index in [1.165, 1.54) is 11.3 Å². The maximum atomic E-state index is 12.1. The number of amides is 1. The number of thiazole rings is 1. The Morgan fingerprint density at radius 2 is 1.94 bits per heavy atom. The molecule has 0 aliphatic carbocycles. The first-order chi connectivity index (χ1) is 8.58. The zero-order valence-corrected chi connectivity index (χ0v) is 11.5. The lowest BCUT2D eigenvalue weighted by Crippen LogP contribution is -2.26. The third-order valence-electron chi connectivity index (χ3n) is 2.76. The van der Waals surface area contributed by atoms with Crippen molar-refractivity contribution in [3.05, 3.63) is 51.5 Å². The van der Waals surface area contributed by atoms with E-state index in [0.29, 0.717) is 4.88 Å². The van der Waals surface area contributed by atoms with Gasteiger partial charge < -0.3 is 5.32 Å². The average Bonchev–Trinajstić information content (AvgIpc) is 2.69. The van der Waals surface area contributed by atoms with Gasteiger partial charge in [0.25, 0.3) is 5.91 Å². The van der Waals surface area contributed by atoms with Crippen LogP contribution < -0.4 is 5.32 Å². The van der Waals surface area contributed by atoms with E-state index >= 15 is 0 Å². The summed E-state index contributed by atoms with van der Waals surface area (Å²) in [4.78, 5) is 17.1. The molecule has 94 valence electrons. The van der Waals surface area contributed by atoms with Crippen LogP contribution in [-0.2, 0) is 0 Å². The van der Waals surface area contributed by atoms with E-state index in [1.54, 1.807) is 0 Å². The summed E-state index contributed by atoms with van der Waals surface area (Å²) in [6.45, 7) is 5.76. The van der Waals surface area contributed by atoms with Gasteiger partial charge in [0.15, 0.2) is 0 Å². The van der Waals surface area contributed by atoms with Crippen LogP contribution in [0.25, 0.3) is 0 Å². The molecule has 1 aromatic heterocycles. The number of benzene rings is 1. The Kier molecular flexibility index (Phi) is 3.77. The molecule has 0 spiro atoms. The maximum absolute atomic E-state index is 12.1. The van der Waals surface area contributed by atoms with Crippen LogP contribution in [0, 0.1) is 13.8 Å². The Morgan fingerprint density at radius 3 is 2.50 bits per heavy atom. The Balaban J connectivity index is 2.10. The smallest absolute Gasteiger partial charge is 0.263 e. The molecule has 1 heterocycles. The number of aryl methyl sites for hydroxylation is 2. The molecule has 1 N–H and O–H groups in total. The van der Waals surface area contributed by atoms with Crippen molar-refractivity contribution in [2.24, 2.45) is 0 Å². The van der Waals surface area contributed by atoms with Crippen LogP contribution in [0.1, 0.15) is 38.9 Å². The van der Waals surface area contributed by atoms with Crippen LogP contribution in [0.15, 0.2) is 30.3 Å². The molecule has 4 heteroatoms. The lowest BCUT2D eigenvalue weighted by atomic mass is 10.1. The monoisotopic (exact) mass is 260 g/mol. The molecule has 0 aliphatic rings. The Labute approximate surface area is 111 Å². The van der Waals surface area contributed by atoms with Gasteiger partial charge in [-0.15, -0.1) is 11.3 Å². The Hall–Kier alpha value is -1.68. The summed E-state index contributed by atoms with van der Waals surface area (Å²) in [5.74, 6) is -0.0468. The number of carbonyl (C=O) groups excluding carboxylic acids is 1. The quantitative estimate of drug-likeness (QED) is 0.920. The van der Waals surface area contributed by atoms with Crippen molar-refractivity contribution < 1.29 is 4.79 Å². The number of nitrogens with one attached hydrogen (secondary N) is 1. The third kappa shape index (κ3) is 2.76. The standard InChI is InChI=1S/C14H16N2OS/c1-9(12-7-5-4-6-8-12)16-14(17)13-10(2)15-11(3)18-13/h4-9H,1-3H3,(H,16,17). The molecule has 2 aromatic rings. The summed E-state index contributed by atoms with van der Waals surface area (Å²) in [7, 11) is 0. The largest absolute Gasteiger partial charge is 0.345 e. The van der Waals surface area contributed by atoms with E-state index < -0.39 is 0 Å². The lowest BCUT2D eigenvalue weighted by molar-refractivity contribution is 0.0943. The predicted molar refractivity (Wildman–Crippen MR) is 73.9 cm³/mol. The van der Waals surface area contributed by atoms with Crippen molar-refractivity contribution in [2.45, 2.75) is 26.8 Å². The van der Waals surface area contributed by atoms with Crippen LogP contribution in [0.5, 0.6) is 0 Å². The molecule has 0 bridgehead atoms. The van der Waals surface area contributed by atoms with Crippen molar-refractivity contribution >= 4 is 17.2 Å². The predicted octanol–water partition coefficient (Wildman–Crippen LogP) is 3.25. The summed E-state index contributed by atoms with van der Waals surface area (Å²) in [5.41, 5.74) is 1.90. The zero-order valence-electron chi connectivity index (χ0n) is 10.7. The van der Waals surface area contributed by atoms with E-state index in [-0.39, 0.29) is 11.9 Å². The molecule has 1 amide bonds. The molecule has 0 radical (unpaired) electrons. The first kappa shape index (κ1) is 12.8. The molecule has 0 fully saturated rings. The van der Waals surface area contributed by atoms with Gasteiger partial charge in [0.1, 0.15) is 4.88 Å². The summed E-state index contributed by atoms with van der Waals surface area (Å²) in [5, 5.41) is 3.92. The van der Waals surface area contributed by atoms with Crippen LogP contribution in [0.2, 0.25) is 0 Å². The van der Waals surface area contributed by atoms with Gasteiger partial charge >= 0.3 is 0 Å². The molecule has 0 aliphatic heterocycles. The molecule has 2 rings (SSSR count). The highest BCUT2D eigenvalue weighted by molar-refractivity contribution is 7.13. The van der Waals surface area contributed by atoms with Crippen molar-refractivity contribution in [2.75, 3.05) is 0 Å². The van der Waals surface area contributed by atoms with E-state index in [9.17, 15) is 4.79 Å². The molecular weight excluding hydrogens is 244 g/mol. The summed E-state index contributed by atoms with van der Waals surface area (Å²) < 4.78 is 0. The minimum absolute atomic E-state index is 0.000469. The fourth-order valence-electron chi connectivity index (χ4n) is 1.83. The molecule has 0 saturated heterocycles. The maximum Gasteiger partial charge on any atom is 0.263 e. The minimum Gasteiger partial charge on any atom is -0.345 e. The van der Waals surface area contributed by atoms with Crippen LogP contribution in [0.4, 0.5) is 0 Å². The Bertz CT molecular complexity index is 548. The van der Waals surface area contributed by atoms with Crippen LogP contribution >= 0.6 is 11.3 Å². The molecule has 3 nitrogen and oxygen atoms in total. The SMILES string of the molecule is Cc1nc(C)c(C(=O)NC(C)c2ccccc2)s1. The second-order valence-electron chi connectivity index (χ2n) is 4.25. The van der Waals surface area contributed by atoms with E-state index in [4.69, 9.17) is 0 Å². The second kappa shape index (κ2) is 5.31. The minimum atomic E-state index is -0.0468. The summed E-state index contributed by atoms with van der Waals surface area (Å²) in [6, 6.07) is 9.93. The summed E-state index contributed by atoms with van der Waals surface area (Å²) in [6.07, 6.45) is 0. The lowest BCUT2D eigenvalue weighted by Gasteiger charge is -2.13. The molecule has 1 aromatic carbocycles. The number of hydrogen-bond acceptors (Lipinski definition) is 3. The molecule has 0 saturated carbocycles.